The summed E-state index contributed by atoms with van der Waals surface area (Å²) in [5, 5.41) is 3.14. The van der Waals surface area contributed by atoms with Gasteiger partial charge in [-0.05, 0) is 25.7 Å². The lowest BCUT2D eigenvalue weighted by molar-refractivity contribution is -0.136. The molecule has 2 heterocycles. The van der Waals surface area contributed by atoms with Crippen LogP contribution in [0.1, 0.15) is 33.1 Å². The van der Waals surface area contributed by atoms with Gasteiger partial charge in [-0.25, -0.2) is 8.42 Å². The van der Waals surface area contributed by atoms with Gasteiger partial charge in [0.05, 0.1) is 11.5 Å². The Morgan fingerprint density at radius 2 is 2.11 bits per heavy atom. The second kappa shape index (κ2) is 5.79. The number of carbonyl (C=O) groups is 1. The molecule has 2 aliphatic rings. The number of hydrogen-bond acceptors (Lipinski definition) is 4. The van der Waals surface area contributed by atoms with E-state index in [1.807, 2.05) is 4.90 Å². The Balaban J connectivity index is 1.93. The third kappa shape index (κ3) is 3.69. The van der Waals surface area contributed by atoms with E-state index in [0.29, 0.717) is 18.9 Å². The molecule has 0 saturated carbocycles. The van der Waals surface area contributed by atoms with E-state index in [9.17, 15) is 13.2 Å². The molecular weight excluding hydrogens is 264 g/mol. The van der Waals surface area contributed by atoms with Crippen molar-refractivity contribution in [1.82, 2.24) is 10.2 Å². The molecule has 0 aliphatic carbocycles. The molecule has 0 aromatic carbocycles. The van der Waals surface area contributed by atoms with Crippen molar-refractivity contribution in [2.24, 2.45) is 5.92 Å². The Morgan fingerprint density at radius 1 is 1.37 bits per heavy atom. The summed E-state index contributed by atoms with van der Waals surface area (Å²) in [6, 6.07) is 0.0529. The van der Waals surface area contributed by atoms with Crippen LogP contribution >= 0.6 is 0 Å². The molecule has 2 fully saturated rings. The van der Waals surface area contributed by atoms with Gasteiger partial charge in [-0.3, -0.25) is 4.79 Å². The van der Waals surface area contributed by atoms with Crippen LogP contribution in [-0.2, 0) is 14.6 Å². The second-order valence-corrected chi connectivity index (χ2v) is 8.15. The van der Waals surface area contributed by atoms with E-state index in [0.717, 1.165) is 13.0 Å². The second-order valence-electron chi connectivity index (χ2n) is 5.92. The summed E-state index contributed by atoms with van der Waals surface area (Å²) < 4.78 is 23.1. The Bertz CT molecular complexity index is 435. The van der Waals surface area contributed by atoms with Crippen molar-refractivity contribution in [3.63, 3.8) is 0 Å². The number of piperidine rings is 1. The van der Waals surface area contributed by atoms with Crippen molar-refractivity contribution >= 4 is 15.7 Å². The van der Waals surface area contributed by atoms with Crippen molar-refractivity contribution in [1.29, 1.82) is 0 Å². The molecule has 5 nitrogen and oxygen atoms in total. The summed E-state index contributed by atoms with van der Waals surface area (Å²) in [7, 11) is -2.97. The molecule has 0 spiro atoms. The zero-order chi connectivity index (χ0) is 14.0. The van der Waals surface area contributed by atoms with Gasteiger partial charge in [0, 0.05) is 31.6 Å². The maximum atomic E-state index is 12.3. The van der Waals surface area contributed by atoms with Gasteiger partial charge in [-0.1, -0.05) is 6.92 Å². The first-order valence-corrected chi connectivity index (χ1v) is 8.94. The molecular formula is C13H24N2O3S. The number of nitrogens with one attached hydrogen (secondary N) is 1. The molecule has 2 rings (SSSR count). The zero-order valence-corrected chi connectivity index (χ0v) is 12.6. The van der Waals surface area contributed by atoms with Gasteiger partial charge in [-0.15, -0.1) is 0 Å². The Morgan fingerprint density at radius 3 is 2.79 bits per heavy atom. The van der Waals surface area contributed by atoms with E-state index in [4.69, 9.17) is 0 Å². The smallest absolute Gasteiger partial charge is 0.224 e. The van der Waals surface area contributed by atoms with Crippen LogP contribution in [0.3, 0.4) is 0 Å². The van der Waals surface area contributed by atoms with E-state index in [2.05, 4.69) is 19.2 Å². The molecule has 3 atom stereocenters. The Labute approximate surface area is 115 Å². The fraction of sp³-hybridized carbons (Fsp3) is 0.923. The van der Waals surface area contributed by atoms with Gasteiger partial charge in [0.25, 0.3) is 0 Å². The lowest BCUT2D eigenvalue weighted by Gasteiger charge is -2.39. The first-order chi connectivity index (χ1) is 8.89. The molecule has 1 amide bonds. The molecule has 6 heteroatoms. The van der Waals surface area contributed by atoms with Crippen LogP contribution in [0, 0.1) is 5.92 Å². The number of nitrogens with zero attached hydrogens (tertiary/aromatic N) is 1. The van der Waals surface area contributed by atoms with Crippen molar-refractivity contribution in [3.05, 3.63) is 0 Å². The van der Waals surface area contributed by atoms with E-state index in [-0.39, 0.29) is 29.5 Å². The summed E-state index contributed by atoms with van der Waals surface area (Å²) >= 11 is 0. The van der Waals surface area contributed by atoms with Crippen molar-refractivity contribution in [2.45, 2.75) is 45.2 Å². The molecule has 0 aromatic heterocycles. The molecule has 0 bridgehead atoms. The molecule has 19 heavy (non-hydrogen) atoms. The van der Waals surface area contributed by atoms with E-state index < -0.39 is 9.84 Å². The van der Waals surface area contributed by atoms with Crippen LogP contribution in [-0.4, -0.2) is 55.9 Å². The number of likely N-dealkylation sites (tertiary alicyclic amines) is 1. The molecule has 0 aromatic rings. The number of carbonyl (C=O) groups excluding carboxylic acids is 1. The van der Waals surface area contributed by atoms with Crippen molar-refractivity contribution < 1.29 is 13.2 Å². The van der Waals surface area contributed by atoms with E-state index in [1.165, 1.54) is 6.42 Å². The quantitative estimate of drug-likeness (QED) is 0.799. The Hall–Kier alpha value is -0.620. The SMILES string of the molecule is CC1CCCN(C(=O)CC2CS(=O)(=O)CCN2)C1C. The zero-order valence-electron chi connectivity index (χ0n) is 11.8. The molecule has 3 unspecified atom stereocenters. The van der Waals surface area contributed by atoms with E-state index in [1.54, 1.807) is 0 Å². The van der Waals surface area contributed by atoms with Crippen LogP contribution in [0.5, 0.6) is 0 Å². The average molecular weight is 288 g/mol. The number of hydrogen-bond donors (Lipinski definition) is 1. The summed E-state index contributed by atoms with van der Waals surface area (Å²) in [6.07, 6.45) is 2.52. The number of rotatable bonds is 2. The third-order valence-corrected chi connectivity index (χ3v) is 6.15. The fourth-order valence-electron chi connectivity index (χ4n) is 3.01. The van der Waals surface area contributed by atoms with Gasteiger partial charge in [0.2, 0.25) is 5.91 Å². The van der Waals surface area contributed by atoms with Crippen LogP contribution in [0.4, 0.5) is 0 Å². The Kier molecular flexibility index (Phi) is 4.50. The molecule has 110 valence electrons. The highest BCUT2D eigenvalue weighted by Crippen LogP contribution is 2.23. The fourth-order valence-corrected chi connectivity index (χ4v) is 4.46. The lowest BCUT2D eigenvalue weighted by Crippen LogP contribution is -2.51. The average Bonchev–Trinajstić information content (AvgIpc) is 2.31. The number of sulfone groups is 1. The highest BCUT2D eigenvalue weighted by atomic mass is 32.2. The van der Waals surface area contributed by atoms with Gasteiger partial charge < -0.3 is 10.2 Å². The summed E-state index contributed by atoms with van der Waals surface area (Å²) in [4.78, 5) is 14.3. The largest absolute Gasteiger partial charge is 0.340 e. The first-order valence-electron chi connectivity index (χ1n) is 7.12. The molecule has 0 radical (unpaired) electrons. The summed E-state index contributed by atoms with van der Waals surface area (Å²) in [5.74, 6) is 0.903. The third-order valence-electron chi connectivity index (χ3n) is 4.42. The number of amides is 1. The molecule has 1 N–H and O–H groups in total. The van der Waals surface area contributed by atoms with Crippen LogP contribution in [0.15, 0.2) is 0 Å². The first kappa shape index (κ1) is 14.8. The topological polar surface area (TPSA) is 66.5 Å². The standard InChI is InChI=1S/C13H24N2O3S/c1-10-4-3-6-15(11(10)2)13(16)8-12-9-19(17,18)7-5-14-12/h10-12,14H,3-9H2,1-2H3. The van der Waals surface area contributed by atoms with Gasteiger partial charge in [-0.2, -0.15) is 0 Å². The normalized spacial score (nSPS) is 35.1. The van der Waals surface area contributed by atoms with Crippen molar-refractivity contribution in [3.8, 4) is 0 Å². The summed E-state index contributed by atoms with van der Waals surface area (Å²) in [6.45, 7) is 5.54. The molecule has 2 saturated heterocycles. The van der Waals surface area contributed by atoms with Gasteiger partial charge in [0.1, 0.15) is 0 Å². The van der Waals surface area contributed by atoms with Crippen LogP contribution < -0.4 is 5.32 Å². The highest BCUT2D eigenvalue weighted by Gasteiger charge is 2.32. The minimum Gasteiger partial charge on any atom is -0.340 e. The minimum atomic E-state index is -2.97. The van der Waals surface area contributed by atoms with Gasteiger partial charge >= 0.3 is 0 Å². The lowest BCUT2D eigenvalue weighted by atomic mass is 9.91. The van der Waals surface area contributed by atoms with Gasteiger partial charge in [0.15, 0.2) is 9.84 Å². The van der Waals surface area contributed by atoms with Crippen LogP contribution in [0.2, 0.25) is 0 Å². The highest BCUT2D eigenvalue weighted by molar-refractivity contribution is 7.91. The van der Waals surface area contributed by atoms with Crippen molar-refractivity contribution in [2.75, 3.05) is 24.6 Å². The maximum absolute atomic E-state index is 12.3. The van der Waals surface area contributed by atoms with E-state index >= 15 is 0 Å². The maximum Gasteiger partial charge on any atom is 0.224 e. The predicted molar refractivity (Wildman–Crippen MR) is 74.6 cm³/mol. The predicted octanol–water partition coefficient (Wildman–Crippen LogP) is 0.410. The summed E-state index contributed by atoms with van der Waals surface area (Å²) in [5.41, 5.74) is 0. The van der Waals surface area contributed by atoms with Crippen LogP contribution in [0.25, 0.3) is 0 Å². The minimum absolute atomic E-state index is 0.0913. The molecule has 2 aliphatic heterocycles. The monoisotopic (exact) mass is 288 g/mol.